The molecule has 0 bridgehead atoms. The third kappa shape index (κ3) is 9.64. The Kier molecular flexibility index (Phi) is 15.5. The summed E-state index contributed by atoms with van der Waals surface area (Å²) in [5.74, 6) is 1.15. The van der Waals surface area contributed by atoms with Crippen molar-refractivity contribution >= 4 is 25.0 Å². The molecule has 2 aliphatic rings. The van der Waals surface area contributed by atoms with Crippen LogP contribution in [0.4, 0.5) is 0 Å². The zero-order chi connectivity index (χ0) is 36.5. The largest absolute Gasteiger partial charge is 0.414 e. The van der Waals surface area contributed by atoms with E-state index in [1.807, 2.05) is 30.3 Å². The Bertz CT molecular complexity index is 1250. The molecule has 0 radical (unpaired) electrons. The molecule has 8 atom stereocenters. The van der Waals surface area contributed by atoms with Gasteiger partial charge in [-0.05, 0) is 73.0 Å². The van der Waals surface area contributed by atoms with Gasteiger partial charge in [0.25, 0.3) is 0 Å². The summed E-state index contributed by atoms with van der Waals surface area (Å²) in [4.78, 5) is 1.70. The lowest BCUT2D eigenvalue weighted by molar-refractivity contribution is -0.160. The molecule has 4 rings (SSSR count). The number of hydrogen-bond donors (Lipinski definition) is 0. The topological polar surface area (TPSA) is 93.1 Å². The van der Waals surface area contributed by atoms with Crippen molar-refractivity contribution in [2.75, 3.05) is 6.61 Å². The molecule has 0 amide bonds. The molecular weight excluding hydrogens is 677 g/mol. The molecule has 2 fully saturated rings. The second kappa shape index (κ2) is 18.7. The minimum Gasteiger partial charge on any atom is -0.414 e. The van der Waals surface area contributed by atoms with Gasteiger partial charge in [-0.3, -0.25) is 0 Å². The van der Waals surface area contributed by atoms with Gasteiger partial charge in [0.2, 0.25) is 5.82 Å². The van der Waals surface area contributed by atoms with Crippen molar-refractivity contribution in [3.05, 3.63) is 30.3 Å². The van der Waals surface area contributed by atoms with Crippen molar-refractivity contribution in [1.82, 2.24) is 20.2 Å². The molecule has 9 nitrogen and oxygen atoms in total. The SMILES string of the molecule is CC[Si](CC)(CC)O[C@@H]1[C@@H](C[C@@H]2O[C@H]2[C@@H](C)[C@H](C)O[Si](CC)(CC)CC)CO[C@@H](Cn2nnc(-c3ccccc3)n2)[C@@H]1O[Si](CC)(CC)CC. The maximum atomic E-state index is 7.57. The molecule has 0 unspecified atom stereocenters. The van der Waals surface area contributed by atoms with Crippen LogP contribution in [0.3, 0.4) is 0 Å². The zero-order valence-corrected chi connectivity index (χ0v) is 36.3. The predicted octanol–water partition coefficient (Wildman–Crippen LogP) is 9.34. The lowest BCUT2D eigenvalue weighted by Crippen LogP contribution is -2.61. The van der Waals surface area contributed by atoms with Crippen LogP contribution in [0.15, 0.2) is 30.3 Å². The van der Waals surface area contributed by atoms with E-state index in [9.17, 15) is 0 Å². The number of tetrazole rings is 1. The monoisotopic (exact) mass is 746 g/mol. The highest BCUT2D eigenvalue weighted by atomic mass is 28.4. The van der Waals surface area contributed by atoms with Crippen LogP contribution in [-0.2, 0) is 29.3 Å². The Labute approximate surface area is 307 Å². The van der Waals surface area contributed by atoms with Crippen molar-refractivity contribution in [2.45, 2.75) is 180 Å². The van der Waals surface area contributed by atoms with E-state index in [0.29, 0.717) is 24.9 Å². The Balaban J connectivity index is 1.62. The van der Waals surface area contributed by atoms with Crippen LogP contribution < -0.4 is 0 Å². The first-order valence-corrected chi connectivity index (χ1v) is 27.8. The lowest BCUT2D eigenvalue weighted by atomic mass is 9.87. The molecular formula is C38H70N4O5Si3. The van der Waals surface area contributed by atoms with Crippen molar-refractivity contribution in [1.29, 1.82) is 0 Å². The highest BCUT2D eigenvalue weighted by molar-refractivity contribution is 6.74. The molecule has 2 saturated heterocycles. The number of rotatable bonds is 22. The molecule has 50 heavy (non-hydrogen) atoms. The fraction of sp³-hybridized carbons (Fsp3) is 0.816. The van der Waals surface area contributed by atoms with Gasteiger partial charge in [-0.15, -0.1) is 10.2 Å². The number of hydrogen-bond acceptors (Lipinski definition) is 8. The van der Waals surface area contributed by atoms with E-state index in [2.05, 4.69) is 86.5 Å². The van der Waals surface area contributed by atoms with E-state index in [1.165, 1.54) is 18.1 Å². The van der Waals surface area contributed by atoms with E-state index in [1.54, 1.807) is 4.80 Å². The third-order valence-corrected chi connectivity index (χ3v) is 26.9. The fourth-order valence-electron chi connectivity index (χ4n) is 8.22. The summed E-state index contributed by atoms with van der Waals surface area (Å²) >= 11 is 0. The van der Waals surface area contributed by atoms with Gasteiger partial charge in [0.15, 0.2) is 25.0 Å². The van der Waals surface area contributed by atoms with Crippen LogP contribution in [-0.4, -0.2) is 88.4 Å². The molecule has 12 heteroatoms. The smallest absolute Gasteiger partial charge is 0.204 e. The van der Waals surface area contributed by atoms with Crippen molar-refractivity contribution in [2.24, 2.45) is 11.8 Å². The van der Waals surface area contributed by atoms with Gasteiger partial charge < -0.3 is 22.8 Å². The highest BCUT2D eigenvalue weighted by Gasteiger charge is 2.53. The van der Waals surface area contributed by atoms with Gasteiger partial charge in [0, 0.05) is 23.5 Å². The summed E-state index contributed by atoms with van der Waals surface area (Å²) in [6, 6.07) is 20.0. The summed E-state index contributed by atoms with van der Waals surface area (Å²) in [6.45, 7) is 26.5. The van der Waals surface area contributed by atoms with Gasteiger partial charge in [-0.1, -0.05) is 99.6 Å². The van der Waals surface area contributed by atoms with Crippen molar-refractivity contribution in [3.63, 3.8) is 0 Å². The molecule has 3 heterocycles. The fourth-order valence-corrected chi connectivity index (χ4v) is 17.0. The first-order chi connectivity index (χ1) is 24.0. The Hall–Kier alpha value is -1.26. The molecule has 284 valence electrons. The summed E-state index contributed by atoms with van der Waals surface area (Å²) in [6.07, 6.45) is 0.988. The summed E-state index contributed by atoms with van der Waals surface area (Å²) < 4.78 is 35.3. The summed E-state index contributed by atoms with van der Waals surface area (Å²) in [5, 5.41) is 13.7. The minimum absolute atomic E-state index is 0.0666. The normalized spacial score (nSPS) is 25.8. The van der Waals surface area contributed by atoms with Crippen LogP contribution in [0.5, 0.6) is 0 Å². The predicted molar refractivity (Wildman–Crippen MR) is 211 cm³/mol. The van der Waals surface area contributed by atoms with Crippen LogP contribution in [0.25, 0.3) is 11.4 Å². The standard InChI is InChI=1S/C38H70N4O5Si3/c1-12-48(13-2,14-3)45-30(11)29(10)35-33(44-35)26-32-28-43-34(27-42-40-38(39-41-42)31-24-22-21-23-25-31)37(47-50(18-7,19-8)20-9)36(32)46-49(15-4,16-5)17-6/h21-25,29-30,32-37H,12-20,26-28H2,1-11H3/t29-,30-,32-,33-,34-,35-,36+,37-/m0/s1. The molecule has 0 N–H and O–H groups in total. The summed E-state index contributed by atoms with van der Waals surface area (Å²) in [7, 11) is -5.75. The quantitative estimate of drug-likeness (QED) is 0.0870. The number of epoxide rings is 1. The van der Waals surface area contributed by atoms with E-state index in [-0.39, 0.29) is 42.5 Å². The van der Waals surface area contributed by atoms with Crippen LogP contribution in [0.1, 0.15) is 82.6 Å². The number of ether oxygens (including phenoxy) is 2. The molecule has 2 aliphatic heterocycles. The average molecular weight is 747 g/mol. The van der Waals surface area contributed by atoms with E-state index < -0.39 is 25.0 Å². The lowest BCUT2D eigenvalue weighted by Gasteiger charge is -2.49. The molecule has 2 aromatic rings. The third-order valence-electron chi connectivity index (χ3n) is 12.9. The minimum atomic E-state index is -2.05. The molecule has 1 aromatic carbocycles. The van der Waals surface area contributed by atoms with E-state index >= 15 is 0 Å². The van der Waals surface area contributed by atoms with Gasteiger partial charge in [0.05, 0.1) is 37.6 Å². The molecule has 0 spiro atoms. The highest BCUT2D eigenvalue weighted by Crippen LogP contribution is 2.43. The Morgan fingerprint density at radius 1 is 0.740 bits per heavy atom. The van der Waals surface area contributed by atoms with E-state index in [0.717, 1.165) is 48.2 Å². The zero-order valence-electron chi connectivity index (χ0n) is 33.3. The first-order valence-electron chi connectivity index (χ1n) is 20.2. The molecule has 1 aromatic heterocycles. The average Bonchev–Trinajstić information content (AvgIpc) is 3.77. The van der Waals surface area contributed by atoms with Gasteiger partial charge in [-0.2, -0.15) is 4.80 Å². The van der Waals surface area contributed by atoms with Gasteiger partial charge in [0.1, 0.15) is 6.10 Å². The van der Waals surface area contributed by atoms with E-state index in [4.69, 9.17) is 27.9 Å². The molecule has 0 aliphatic carbocycles. The second-order valence-corrected chi connectivity index (χ2v) is 29.3. The Morgan fingerprint density at radius 2 is 1.28 bits per heavy atom. The number of benzene rings is 1. The summed E-state index contributed by atoms with van der Waals surface area (Å²) in [5.41, 5.74) is 0.955. The van der Waals surface area contributed by atoms with Crippen LogP contribution in [0, 0.1) is 11.8 Å². The second-order valence-electron chi connectivity index (χ2n) is 15.1. The number of nitrogens with zero attached hydrogens (tertiary/aromatic N) is 4. The maximum Gasteiger partial charge on any atom is 0.204 e. The van der Waals surface area contributed by atoms with Gasteiger partial charge in [-0.25, -0.2) is 0 Å². The Morgan fingerprint density at radius 3 is 1.82 bits per heavy atom. The van der Waals surface area contributed by atoms with Crippen LogP contribution >= 0.6 is 0 Å². The van der Waals surface area contributed by atoms with Gasteiger partial charge >= 0.3 is 0 Å². The van der Waals surface area contributed by atoms with Crippen molar-refractivity contribution < 1.29 is 22.8 Å². The maximum absolute atomic E-state index is 7.57. The van der Waals surface area contributed by atoms with Crippen molar-refractivity contribution in [3.8, 4) is 11.4 Å². The first kappa shape index (κ1) is 41.5. The number of aromatic nitrogens is 4. The molecule has 0 saturated carbocycles. The van der Waals surface area contributed by atoms with Crippen LogP contribution in [0.2, 0.25) is 54.4 Å².